The summed E-state index contributed by atoms with van der Waals surface area (Å²) in [6, 6.07) is 0. The largest absolute Gasteiger partial charge is 0.461 e. The lowest BCUT2D eigenvalue weighted by Gasteiger charge is -2.43. The smallest absolute Gasteiger partial charge is 0.311 e. The number of carbonyl (C=O) groups excluding carboxylic acids is 1. The molecule has 0 fully saturated rings. The molecule has 0 amide bonds. The quantitative estimate of drug-likeness (QED) is 0.622. The van der Waals surface area contributed by atoms with Crippen LogP contribution in [0.15, 0.2) is 23.8 Å². The molecule has 0 aromatic rings. The molecule has 0 radical (unpaired) electrons. The van der Waals surface area contributed by atoms with Crippen molar-refractivity contribution in [1.29, 1.82) is 0 Å². The van der Waals surface area contributed by atoms with Crippen molar-refractivity contribution in [2.24, 2.45) is 29.1 Å². The standard InChI is InChI=1S/C21H34O2/c1-7-9-17-15(4)10-11-16-12-14(3)13-18(19(16)17)23-20(22)21(5,6)8-2/h10-12,14-15,17-19H,7-9,13H2,1-6H3. The van der Waals surface area contributed by atoms with Crippen LogP contribution in [0.2, 0.25) is 0 Å². The molecule has 2 rings (SSSR count). The zero-order chi connectivity index (χ0) is 17.2. The first-order chi connectivity index (χ1) is 10.8. The van der Waals surface area contributed by atoms with E-state index in [2.05, 4.69) is 45.9 Å². The second kappa shape index (κ2) is 7.23. The molecule has 5 atom stereocenters. The van der Waals surface area contributed by atoms with Gasteiger partial charge in [-0.3, -0.25) is 4.79 Å². The summed E-state index contributed by atoms with van der Waals surface area (Å²) in [4.78, 5) is 12.6. The van der Waals surface area contributed by atoms with Gasteiger partial charge in [0.25, 0.3) is 0 Å². The van der Waals surface area contributed by atoms with Crippen LogP contribution >= 0.6 is 0 Å². The SMILES string of the molecule is CCCC1C(C)C=CC2=CC(C)CC(OC(=O)C(C)(C)CC)C21. The van der Waals surface area contributed by atoms with Gasteiger partial charge in [-0.15, -0.1) is 0 Å². The van der Waals surface area contributed by atoms with Crippen molar-refractivity contribution in [3.63, 3.8) is 0 Å². The Bertz CT molecular complexity index is 486. The first kappa shape index (κ1) is 18.3. The molecule has 0 spiro atoms. The van der Waals surface area contributed by atoms with Crippen molar-refractivity contribution >= 4 is 5.97 Å². The van der Waals surface area contributed by atoms with E-state index < -0.39 is 0 Å². The number of hydrogen-bond donors (Lipinski definition) is 0. The molecule has 0 aromatic carbocycles. The van der Waals surface area contributed by atoms with E-state index in [4.69, 9.17) is 4.74 Å². The average molecular weight is 319 g/mol. The molecule has 0 aliphatic heterocycles. The Morgan fingerprint density at radius 2 is 2.00 bits per heavy atom. The van der Waals surface area contributed by atoms with Crippen LogP contribution in [-0.2, 0) is 9.53 Å². The van der Waals surface area contributed by atoms with Crippen molar-refractivity contribution in [3.8, 4) is 0 Å². The van der Waals surface area contributed by atoms with Gasteiger partial charge in [0.05, 0.1) is 5.41 Å². The lowest BCUT2D eigenvalue weighted by atomic mass is 9.65. The summed E-state index contributed by atoms with van der Waals surface area (Å²) >= 11 is 0. The summed E-state index contributed by atoms with van der Waals surface area (Å²) in [5, 5.41) is 0. The Hall–Kier alpha value is -1.05. The van der Waals surface area contributed by atoms with E-state index in [1.165, 1.54) is 18.4 Å². The molecule has 2 heteroatoms. The first-order valence-corrected chi connectivity index (χ1v) is 9.41. The van der Waals surface area contributed by atoms with Gasteiger partial charge in [0.1, 0.15) is 6.10 Å². The molecule has 0 saturated carbocycles. The molecular weight excluding hydrogens is 284 g/mol. The van der Waals surface area contributed by atoms with Gasteiger partial charge in [0.2, 0.25) is 0 Å². The van der Waals surface area contributed by atoms with Gasteiger partial charge in [-0.25, -0.2) is 0 Å². The number of rotatable bonds is 5. The highest BCUT2D eigenvalue weighted by Crippen LogP contribution is 2.45. The number of ether oxygens (including phenoxy) is 1. The maximum atomic E-state index is 12.6. The van der Waals surface area contributed by atoms with Crippen LogP contribution < -0.4 is 0 Å². The Balaban J connectivity index is 2.26. The van der Waals surface area contributed by atoms with Crippen LogP contribution in [0.25, 0.3) is 0 Å². The van der Waals surface area contributed by atoms with Crippen molar-refractivity contribution in [2.75, 3.05) is 0 Å². The summed E-state index contributed by atoms with van der Waals surface area (Å²) in [5.74, 6) is 1.97. The Morgan fingerprint density at radius 3 is 2.61 bits per heavy atom. The normalized spacial score (nSPS) is 33.8. The number of carbonyl (C=O) groups is 1. The molecule has 2 nitrogen and oxygen atoms in total. The molecule has 23 heavy (non-hydrogen) atoms. The van der Waals surface area contributed by atoms with Gasteiger partial charge in [-0.2, -0.15) is 0 Å². The maximum Gasteiger partial charge on any atom is 0.311 e. The minimum atomic E-state index is -0.388. The fourth-order valence-corrected chi connectivity index (χ4v) is 4.00. The Morgan fingerprint density at radius 1 is 1.30 bits per heavy atom. The fourth-order valence-electron chi connectivity index (χ4n) is 4.00. The first-order valence-electron chi connectivity index (χ1n) is 9.41. The van der Waals surface area contributed by atoms with Crippen LogP contribution in [0.3, 0.4) is 0 Å². The minimum Gasteiger partial charge on any atom is -0.461 e. The molecule has 2 aliphatic rings. The monoisotopic (exact) mass is 318 g/mol. The number of hydrogen-bond acceptors (Lipinski definition) is 2. The lowest BCUT2D eigenvalue weighted by Crippen LogP contribution is -2.42. The maximum absolute atomic E-state index is 12.6. The van der Waals surface area contributed by atoms with Crippen LogP contribution in [0.4, 0.5) is 0 Å². The van der Waals surface area contributed by atoms with E-state index in [1.54, 1.807) is 0 Å². The zero-order valence-electron chi connectivity index (χ0n) is 15.8. The summed E-state index contributed by atoms with van der Waals surface area (Å²) in [6.45, 7) is 12.8. The summed E-state index contributed by atoms with van der Waals surface area (Å²) in [7, 11) is 0. The summed E-state index contributed by atoms with van der Waals surface area (Å²) in [6.07, 6.45) is 11.2. The molecule has 130 valence electrons. The third-order valence-corrected chi connectivity index (χ3v) is 5.91. The average Bonchev–Trinajstić information content (AvgIpc) is 2.50. The molecule has 0 N–H and O–H groups in total. The van der Waals surface area contributed by atoms with Crippen molar-refractivity contribution in [1.82, 2.24) is 0 Å². The lowest BCUT2D eigenvalue weighted by molar-refractivity contribution is -0.164. The van der Waals surface area contributed by atoms with Crippen molar-refractivity contribution in [2.45, 2.75) is 73.3 Å². The van der Waals surface area contributed by atoms with Crippen molar-refractivity contribution in [3.05, 3.63) is 23.8 Å². The van der Waals surface area contributed by atoms with E-state index in [0.29, 0.717) is 23.7 Å². The van der Waals surface area contributed by atoms with Gasteiger partial charge >= 0.3 is 5.97 Å². The van der Waals surface area contributed by atoms with Crippen LogP contribution in [-0.4, -0.2) is 12.1 Å². The third-order valence-electron chi connectivity index (χ3n) is 5.91. The molecule has 2 aliphatic carbocycles. The zero-order valence-corrected chi connectivity index (χ0v) is 15.8. The fraction of sp³-hybridized carbons (Fsp3) is 0.762. The van der Waals surface area contributed by atoms with E-state index in [9.17, 15) is 4.79 Å². The number of fused-ring (bicyclic) bond motifs is 1. The minimum absolute atomic E-state index is 0.0316. The topological polar surface area (TPSA) is 26.3 Å². The summed E-state index contributed by atoms with van der Waals surface area (Å²) < 4.78 is 6.10. The molecule has 5 unspecified atom stereocenters. The molecule has 0 aromatic heterocycles. The van der Waals surface area contributed by atoms with Crippen LogP contribution in [0.5, 0.6) is 0 Å². The van der Waals surface area contributed by atoms with Gasteiger partial charge in [-0.1, -0.05) is 52.3 Å². The van der Waals surface area contributed by atoms with Gasteiger partial charge in [0.15, 0.2) is 0 Å². The van der Waals surface area contributed by atoms with E-state index in [-0.39, 0.29) is 17.5 Å². The molecule has 0 heterocycles. The van der Waals surface area contributed by atoms with E-state index >= 15 is 0 Å². The molecule has 0 saturated heterocycles. The second-order valence-corrected chi connectivity index (χ2v) is 8.26. The second-order valence-electron chi connectivity index (χ2n) is 8.26. The number of allylic oxidation sites excluding steroid dienone is 3. The summed E-state index contributed by atoms with van der Waals surface area (Å²) in [5.41, 5.74) is 1.01. The molecule has 0 bridgehead atoms. The van der Waals surface area contributed by atoms with Gasteiger partial charge < -0.3 is 4.74 Å². The van der Waals surface area contributed by atoms with Crippen LogP contribution in [0.1, 0.15) is 67.2 Å². The third kappa shape index (κ3) is 3.89. The van der Waals surface area contributed by atoms with E-state index in [0.717, 1.165) is 12.8 Å². The Kier molecular flexibility index (Phi) is 5.75. The molecular formula is C21H34O2. The highest BCUT2D eigenvalue weighted by Gasteiger charge is 2.42. The Labute approximate surface area is 142 Å². The van der Waals surface area contributed by atoms with Crippen molar-refractivity contribution < 1.29 is 9.53 Å². The predicted octanol–water partition coefficient (Wildman–Crippen LogP) is 5.54. The predicted molar refractivity (Wildman–Crippen MR) is 96.0 cm³/mol. The van der Waals surface area contributed by atoms with E-state index in [1.807, 2.05) is 13.8 Å². The highest BCUT2D eigenvalue weighted by molar-refractivity contribution is 5.76. The number of esters is 1. The highest BCUT2D eigenvalue weighted by atomic mass is 16.5. The van der Waals surface area contributed by atoms with Crippen LogP contribution in [0, 0.1) is 29.1 Å². The van der Waals surface area contributed by atoms with Gasteiger partial charge in [0, 0.05) is 5.92 Å². The van der Waals surface area contributed by atoms with Gasteiger partial charge in [-0.05, 0) is 56.4 Å².